The predicted octanol–water partition coefficient (Wildman–Crippen LogP) is 2.44. The van der Waals surface area contributed by atoms with Crippen LogP contribution in [-0.2, 0) is 21.2 Å². The molecule has 0 N–H and O–H groups in total. The molecule has 3 rings (SSSR count). The van der Waals surface area contributed by atoms with Crippen molar-refractivity contribution in [2.45, 2.75) is 19.4 Å². The van der Waals surface area contributed by atoms with Gasteiger partial charge >= 0.3 is 0 Å². The maximum absolute atomic E-state index is 13.0. The summed E-state index contributed by atoms with van der Waals surface area (Å²) in [6.07, 6.45) is 1.85. The van der Waals surface area contributed by atoms with E-state index in [4.69, 9.17) is 4.74 Å². The average molecular weight is 374 g/mol. The lowest BCUT2D eigenvalue weighted by atomic mass is 10.1. The molecule has 0 aliphatic carbocycles. The van der Waals surface area contributed by atoms with E-state index in [9.17, 15) is 13.2 Å². The molecular formula is C19H22N2O4S. The quantitative estimate of drug-likeness (QED) is 0.806. The van der Waals surface area contributed by atoms with Gasteiger partial charge in [0.25, 0.3) is 0 Å². The number of benzene rings is 2. The van der Waals surface area contributed by atoms with E-state index in [0.29, 0.717) is 11.4 Å². The van der Waals surface area contributed by atoms with Crippen LogP contribution in [-0.4, -0.2) is 40.3 Å². The highest BCUT2D eigenvalue weighted by atomic mass is 32.2. The first-order valence-electron chi connectivity index (χ1n) is 8.33. The Morgan fingerprint density at radius 2 is 1.85 bits per heavy atom. The van der Waals surface area contributed by atoms with Gasteiger partial charge in [-0.2, -0.15) is 0 Å². The summed E-state index contributed by atoms with van der Waals surface area (Å²) in [7, 11) is -2.19. The van der Waals surface area contributed by atoms with Crippen molar-refractivity contribution in [2.24, 2.45) is 0 Å². The van der Waals surface area contributed by atoms with Crippen LogP contribution in [0.3, 0.4) is 0 Å². The molecule has 1 atom stereocenters. The first kappa shape index (κ1) is 18.3. The summed E-state index contributed by atoms with van der Waals surface area (Å²) in [5.74, 6) is 0.138. The number of rotatable bonds is 5. The Hall–Kier alpha value is -2.54. The number of carbonyl (C=O) groups excluding carboxylic acids is 1. The van der Waals surface area contributed by atoms with Crippen LogP contribution in [0.1, 0.15) is 12.5 Å². The highest BCUT2D eigenvalue weighted by Crippen LogP contribution is 2.33. The lowest BCUT2D eigenvalue weighted by Crippen LogP contribution is -2.45. The molecule has 0 fully saturated rings. The Kier molecular flexibility index (Phi) is 4.91. The molecule has 2 aromatic carbocycles. The van der Waals surface area contributed by atoms with E-state index >= 15 is 0 Å². The number of hydrogen-bond acceptors (Lipinski definition) is 4. The molecule has 0 saturated heterocycles. The second kappa shape index (κ2) is 6.99. The van der Waals surface area contributed by atoms with E-state index in [0.717, 1.165) is 28.2 Å². The number of methoxy groups -OCH3 is 1. The lowest BCUT2D eigenvalue weighted by Gasteiger charge is -2.28. The van der Waals surface area contributed by atoms with Gasteiger partial charge in [0.1, 0.15) is 12.3 Å². The van der Waals surface area contributed by atoms with Crippen LogP contribution in [0.2, 0.25) is 0 Å². The minimum absolute atomic E-state index is 0.0148. The minimum Gasteiger partial charge on any atom is -0.495 e. The van der Waals surface area contributed by atoms with Gasteiger partial charge in [-0.15, -0.1) is 0 Å². The first-order valence-corrected chi connectivity index (χ1v) is 10.2. The van der Waals surface area contributed by atoms with Crippen LogP contribution in [0.5, 0.6) is 5.75 Å². The highest BCUT2D eigenvalue weighted by Gasteiger charge is 2.33. The topological polar surface area (TPSA) is 66.9 Å². The maximum Gasteiger partial charge on any atom is 0.248 e. The molecule has 1 amide bonds. The van der Waals surface area contributed by atoms with Crippen molar-refractivity contribution in [3.63, 3.8) is 0 Å². The zero-order valence-corrected chi connectivity index (χ0v) is 15.9. The second-order valence-electron chi connectivity index (χ2n) is 6.39. The van der Waals surface area contributed by atoms with Gasteiger partial charge < -0.3 is 9.64 Å². The molecule has 26 heavy (non-hydrogen) atoms. The monoisotopic (exact) mass is 374 g/mol. The molecule has 138 valence electrons. The number of amides is 1. The molecule has 2 aromatic rings. The van der Waals surface area contributed by atoms with Crippen molar-refractivity contribution < 1.29 is 17.9 Å². The van der Waals surface area contributed by atoms with Gasteiger partial charge in [0.2, 0.25) is 15.9 Å². The summed E-state index contributed by atoms with van der Waals surface area (Å²) < 4.78 is 31.1. The number of fused-ring (bicyclic) bond motifs is 1. The fourth-order valence-corrected chi connectivity index (χ4v) is 4.21. The second-order valence-corrected chi connectivity index (χ2v) is 8.29. The zero-order chi connectivity index (χ0) is 18.9. The molecule has 1 aliphatic rings. The van der Waals surface area contributed by atoms with Crippen LogP contribution >= 0.6 is 0 Å². The van der Waals surface area contributed by atoms with E-state index in [-0.39, 0.29) is 18.5 Å². The molecule has 0 bridgehead atoms. The number of ether oxygens (including phenoxy) is 1. The zero-order valence-electron chi connectivity index (χ0n) is 15.0. The van der Waals surface area contributed by atoms with Crippen molar-refractivity contribution in [3.05, 3.63) is 54.1 Å². The molecule has 0 unspecified atom stereocenters. The highest BCUT2D eigenvalue weighted by molar-refractivity contribution is 7.92. The van der Waals surface area contributed by atoms with Gasteiger partial charge in [-0.3, -0.25) is 9.10 Å². The number of nitrogens with zero attached hydrogens (tertiary/aromatic N) is 2. The molecule has 0 radical (unpaired) electrons. The Morgan fingerprint density at radius 1 is 1.19 bits per heavy atom. The molecule has 6 nitrogen and oxygen atoms in total. The van der Waals surface area contributed by atoms with Gasteiger partial charge in [-0.25, -0.2) is 8.42 Å². The molecule has 0 saturated carbocycles. The normalized spacial score (nSPS) is 16.3. The van der Waals surface area contributed by atoms with E-state index < -0.39 is 10.0 Å². The van der Waals surface area contributed by atoms with Crippen molar-refractivity contribution in [2.75, 3.05) is 29.1 Å². The Labute approximate surface area is 154 Å². The standard InChI is InChI=1S/C19H22N2O4S/c1-14-12-15-8-4-5-9-16(15)21(14)19(22)13-20(26(3,23)24)17-10-6-7-11-18(17)25-2/h4-11,14H,12-13H2,1-3H3/t14-/m1/s1. The third-order valence-electron chi connectivity index (χ3n) is 4.51. The van der Waals surface area contributed by atoms with Gasteiger partial charge in [0.05, 0.1) is 19.1 Å². The van der Waals surface area contributed by atoms with E-state index in [1.165, 1.54) is 7.11 Å². The summed E-state index contributed by atoms with van der Waals surface area (Å²) in [6.45, 7) is 1.68. The predicted molar refractivity (Wildman–Crippen MR) is 102 cm³/mol. The van der Waals surface area contributed by atoms with Crippen LogP contribution in [0.4, 0.5) is 11.4 Å². The summed E-state index contributed by atoms with van der Waals surface area (Å²) >= 11 is 0. The average Bonchev–Trinajstić information content (AvgIpc) is 2.94. The van der Waals surface area contributed by atoms with Crippen molar-refractivity contribution in [3.8, 4) is 5.75 Å². The number of para-hydroxylation sites is 3. The Bertz CT molecular complexity index is 927. The van der Waals surface area contributed by atoms with Crippen LogP contribution in [0.25, 0.3) is 0 Å². The van der Waals surface area contributed by atoms with E-state index in [1.807, 2.05) is 31.2 Å². The third-order valence-corrected chi connectivity index (χ3v) is 5.64. The van der Waals surface area contributed by atoms with Crippen molar-refractivity contribution in [1.82, 2.24) is 0 Å². The summed E-state index contributed by atoms with van der Waals surface area (Å²) in [4.78, 5) is 14.7. The van der Waals surface area contributed by atoms with Gasteiger partial charge in [-0.05, 0) is 37.1 Å². The maximum atomic E-state index is 13.0. The van der Waals surface area contributed by atoms with Gasteiger partial charge in [-0.1, -0.05) is 30.3 Å². The molecule has 1 aliphatic heterocycles. The first-order chi connectivity index (χ1) is 12.3. The Morgan fingerprint density at radius 3 is 2.54 bits per heavy atom. The van der Waals surface area contributed by atoms with Crippen LogP contribution < -0.4 is 13.9 Å². The third kappa shape index (κ3) is 3.39. The van der Waals surface area contributed by atoms with Crippen molar-refractivity contribution in [1.29, 1.82) is 0 Å². The van der Waals surface area contributed by atoms with E-state index in [2.05, 4.69) is 0 Å². The molecule has 1 heterocycles. The summed E-state index contributed by atoms with van der Waals surface area (Å²) in [6, 6.07) is 14.5. The summed E-state index contributed by atoms with van der Waals surface area (Å²) in [5.41, 5.74) is 2.29. The molecule has 0 spiro atoms. The van der Waals surface area contributed by atoms with Crippen LogP contribution in [0.15, 0.2) is 48.5 Å². The fourth-order valence-electron chi connectivity index (χ4n) is 3.36. The molecular weight excluding hydrogens is 352 g/mol. The summed E-state index contributed by atoms with van der Waals surface area (Å²) in [5, 5.41) is 0. The van der Waals surface area contributed by atoms with Gasteiger partial charge in [0, 0.05) is 11.7 Å². The molecule has 0 aromatic heterocycles. The lowest BCUT2D eigenvalue weighted by molar-refractivity contribution is -0.117. The number of hydrogen-bond donors (Lipinski definition) is 0. The number of anilines is 2. The number of carbonyl (C=O) groups is 1. The SMILES string of the molecule is COc1ccccc1N(CC(=O)N1c2ccccc2C[C@H]1C)S(C)(=O)=O. The van der Waals surface area contributed by atoms with Crippen LogP contribution in [0, 0.1) is 0 Å². The number of sulfonamides is 1. The smallest absolute Gasteiger partial charge is 0.248 e. The minimum atomic E-state index is -3.66. The molecule has 7 heteroatoms. The fraction of sp³-hybridized carbons (Fsp3) is 0.316. The Balaban J connectivity index is 1.95. The van der Waals surface area contributed by atoms with Gasteiger partial charge in [0.15, 0.2) is 0 Å². The van der Waals surface area contributed by atoms with E-state index in [1.54, 1.807) is 29.2 Å². The largest absolute Gasteiger partial charge is 0.495 e. The van der Waals surface area contributed by atoms with Crippen molar-refractivity contribution >= 4 is 27.3 Å².